The van der Waals surface area contributed by atoms with Crippen LogP contribution < -0.4 is 5.32 Å². The van der Waals surface area contributed by atoms with Gasteiger partial charge in [0.15, 0.2) is 0 Å². The van der Waals surface area contributed by atoms with Crippen molar-refractivity contribution in [2.45, 2.75) is 45.9 Å². The van der Waals surface area contributed by atoms with Crippen molar-refractivity contribution < 1.29 is 13.9 Å². The Labute approximate surface area is 140 Å². The minimum atomic E-state index is -0.242. The molecule has 2 aromatic rings. The van der Waals surface area contributed by atoms with Crippen LogP contribution in [-0.2, 0) is 24.8 Å². The van der Waals surface area contributed by atoms with Crippen molar-refractivity contribution >= 4 is 5.91 Å². The predicted molar refractivity (Wildman–Crippen MR) is 88.2 cm³/mol. The molecule has 1 aromatic carbocycles. The first-order valence-electron chi connectivity index (χ1n) is 8.11. The summed E-state index contributed by atoms with van der Waals surface area (Å²) in [4.78, 5) is 12.7. The number of amides is 1. The molecule has 0 bridgehead atoms. The fraction of sp³-hybridized carbons (Fsp3) is 0.444. The van der Waals surface area contributed by atoms with Gasteiger partial charge in [0.1, 0.15) is 11.5 Å². The highest BCUT2D eigenvalue weighted by atomic mass is 19.1. The highest BCUT2D eigenvalue weighted by molar-refractivity contribution is 5.94. The number of aromatic nitrogens is 2. The van der Waals surface area contributed by atoms with Gasteiger partial charge in [-0.3, -0.25) is 9.48 Å². The number of carbonyl (C=O) groups excluding carboxylic acids is 1. The van der Waals surface area contributed by atoms with Crippen molar-refractivity contribution in [1.29, 1.82) is 0 Å². The maximum absolute atomic E-state index is 13.3. The molecule has 0 saturated heterocycles. The molecule has 2 heterocycles. The zero-order valence-electron chi connectivity index (χ0n) is 14.4. The average Bonchev–Trinajstić information content (AvgIpc) is 2.85. The molecule has 3 rings (SSSR count). The number of fused-ring (bicyclic) bond motifs is 1. The van der Waals surface area contributed by atoms with Crippen molar-refractivity contribution in [1.82, 2.24) is 15.1 Å². The molecule has 1 amide bonds. The lowest BCUT2D eigenvalue weighted by Gasteiger charge is -2.24. The monoisotopic (exact) mass is 331 g/mol. The molecule has 0 spiro atoms. The molecule has 0 radical (unpaired) electrons. The lowest BCUT2D eigenvalue weighted by molar-refractivity contribution is -0.00710. The lowest BCUT2D eigenvalue weighted by Crippen LogP contribution is -2.28. The van der Waals surface area contributed by atoms with Crippen molar-refractivity contribution in [2.24, 2.45) is 7.05 Å². The summed E-state index contributed by atoms with van der Waals surface area (Å²) in [7, 11) is 1.77. The van der Waals surface area contributed by atoms with E-state index in [9.17, 15) is 9.18 Å². The minimum absolute atomic E-state index is 0.0583. The van der Waals surface area contributed by atoms with Gasteiger partial charge in [-0.2, -0.15) is 5.10 Å². The summed E-state index contributed by atoms with van der Waals surface area (Å²) >= 11 is 0. The summed E-state index contributed by atoms with van der Waals surface area (Å²) in [5.74, 6) is -0.414. The van der Waals surface area contributed by atoms with Crippen LogP contribution in [0.2, 0.25) is 0 Å². The summed E-state index contributed by atoms with van der Waals surface area (Å²) in [6, 6.07) is 4.84. The van der Waals surface area contributed by atoms with E-state index in [0.717, 1.165) is 16.8 Å². The average molecular weight is 331 g/mol. The van der Waals surface area contributed by atoms with E-state index in [-0.39, 0.29) is 23.9 Å². The third-order valence-corrected chi connectivity index (χ3v) is 4.38. The number of nitrogens with zero attached hydrogens (tertiary/aromatic N) is 2. The van der Waals surface area contributed by atoms with E-state index in [4.69, 9.17) is 4.74 Å². The number of benzene rings is 1. The van der Waals surface area contributed by atoms with Gasteiger partial charge >= 0.3 is 0 Å². The van der Waals surface area contributed by atoms with E-state index in [1.165, 1.54) is 6.07 Å². The van der Waals surface area contributed by atoms with Gasteiger partial charge < -0.3 is 10.1 Å². The van der Waals surface area contributed by atoms with Crippen LogP contribution in [0.15, 0.2) is 18.2 Å². The zero-order chi connectivity index (χ0) is 17.4. The Morgan fingerprint density at radius 1 is 1.46 bits per heavy atom. The number of carbonyl (C=O) groups is 1. The predicted octanol–water partition coefficient (Wildman–Crippen LogP) is 2.82. The van der Waals surface area contributed by atoms with Crippen molar-refractivity contribution in [2.75, 3.05) is 0 Å². The normalized spacial score (nSPS) is 19.9. The Morgan fingerprint density at radius 2 is 2.21 bits per heavy atom. The molecule has 0 saturated carbocycles. The zero-order valence-corrected chi connectivity index (χ0v) is 14.4. The first-order valence-corrected chi connectivity index (χ1v) is 8.11. The maximum Gasteiger partial charge on any atom is 0.270 e. The number of rotatable bonds is 3. The quantitative estimate of drug-likeness (QED) is 0.941. The van der Waals surface area contributed by atoms with Crippen molar-refractivity contribution in [3.8, 4) is 0 Å². The molecule has 0 unspecified atom stereocenters. The van der Waals surface area contributed by atoms with E-state index in [1.807, 2.05) is 13.8 Å². The number of nitrogens with one attached hydrogen (secondary N) is 1. The van der Waals surface area contributed by atoms with E-state index in [2.05, 4.69) is 10.4 Å². The summed E-state index contributed by atoms with van der Waals surface area (Å²) in [5.41, 5.74) is 3.79. The Hall–Kier alpha value is -2.21. The third kappa shape index (κ3) is 3.06. The molecule has 6 heteroatoms. The largest absolute Gasteiger partial charge is 0.369 e. The van der Waals surface area contributed by atoms with Crippen LogP contribution in [0, 0.1) is 12.7 Å². The number of aryl methyl sites for hydroxylation is 2. The second-order valence-electron chi connectivity index (χ2n) is 6.40. The molecule has 2 atom stereocenters. The molecule has 0 aliphatic carbocycles. The molecule has 5 nitrogen and oxygen atoms in total. The van der Waals surface area contributed by atoms with Gasteiger partial charge in [0.2, 0.25) is 0 Å². The van der Waals surface area contributed by atoms with Crippen LogP contribution in [0.4, 0.5) is 4.39 Å². The van der Waals surface area contributed by atoms with Crippen LogP contribution in [0.25, 0.3) is 0 Å². The van der Waals surface area contributed by atoms with Gasteiger partial charge in [-0.25, -0.2) is 4.39 Å². The second-order valence-corrected chi connectivity index (χ2v) is 6.40. The van der Waals surface area contributed by atoms with Gasteiger partial charge in [-0.1, -0.05) is 12.1 Å². The fourth-order valence-corrected chi connectivity index (χ4v) is 3.23. The molecular weight excluding hydrogens is 309 g/mol. The van der Waals surface area contributed by atoms with Crippen LogP contribution in [0.3, 0.4) is 0 Å². The fourth-order valence-electron chi connectivity index (χ4n) is 3.23. The summed E-state index contributed by atoms with van der Waals surface area (Å²) in [6.45, 7) is 6.00. The summed E-state index contributed by atoms with van der Waals surface area (Å²) in [6.07, 6.45) is 0.616. The van der Waals surface area contributed by atoms with Crippen LogP contribution in [0.5, 0.6) is 0 Å². The molecular formula is C18H22FN3O2. The Morgan fingerprint density at radius 3 is 2.92 bits per heavy atom. The number of halogens is 1. The standard InChI is InChI=1S/C18H22FN3O2/c1-10-7-13(5-6-15(10)19)9-20-18(23)17-14-8-11(2)24-12(3)16(14)21-22(17)4/h5-7,11-12H,8-9H2,1-4H3,(H,20,23)/t11-,12+/m1/s1. The number of ether oxygens (including phenoxy) is 1. The molecule has 128 valence electrons. The van der Waals surface area contributed by atoms with Crippen molar-refractivity contribution in [3.05, 3.63) is 52.1 Å². The van der Waals surface area contributed by atoms with Crippen LogP contribution in [-0.4, -0.2) is 21.8 Å². The third-order valence-electron chi connectivity index (χ3n) is 4.38. The second kappa shape index (κ2) is 6.36. The molecule has 0 fully saturated rings. The topological polar surface area (TPSA) is 56.2 Å². The van der Waals surface area contributed by atoms with Crippen LogP contribution >= 0.6 is 0 Å². The van der Waals surface area contributed by atoms with Crippen LogP contribution in [0.1, 0.15) is 52.8 Å². The highest BCUT2D eigenvalue weighted by Gasteiger charge is 2.31. The van der Waals surface area contributed by atoms with Gasteiger partial charge in [0.25, 0.3) is 5.91 Å². The molecule has 1 aliphatic rings. The Balaban J connectivity index is 1.79. The van der Waals surface area contributed by atoms with Gasteiger partial charge in [-0.15, -0.1) is 0 Å². The SMILES string of the molecule is Cc1cc(CNC(=O)c2c3c(nn2C)[C@H](C)O[C@H](C)C3)ccc1F. The molecule has 24 heavy (non-hydrogen) atoms. The van der Waals surface area contributed by atoms with Gasteiger partial charge in [-0.05, 0) is 38.0 Å². The Bertz CT molecular complexity index is 785. The Kier molecular flexibility index (Phi) is 4.41. The highest BCUT2D eigenvalue weighted by Crippen LogP contribution is 2.31. The first-order chi connectivity index (χ1) is 11.4. The summed E-state index contributed by atoms with van der Waals surface area (Å²) in [5, 5.41) is 7.36. The minimum Gasteiger partial charge on any atom is -0.369 e. The molecule has 1 N–H and O–H groups in total. The molecule has 1 aromatic heterocycles. The smallest absolute Gasteiger partial charge is 0.270 e. The van der Waals surface area contributed by atoms with E-state index in [1.54, 1.807) is 30.8 Å². The molecule has 1 aliphatic heterocycles. The van der Waals surface area contributed by atoms with Gasteiger partial charge in [0.05, 0.1) is 17.9 Å². The first kappa shape index (κ1) is 16.6. The van der Waals surface area contributed by atoms with E-state index < -0.39 is 0 Å². The summed E-state index contributed by atoms with van der Waals surface area (Å²) < 4.78 is 20.7. The van der Waals surface area contributed by atoms with Crippen molar-refractivity contribution in [3.63, 3.8) is 0 Å². The number of hydrogen-bond acceptors (Lipinski definition) is 3. The van der Waals surface area contributed by atoms with E-state index >= 15 is 0 Å². The maximum atomic E-state index is 13.3. The number of hydrogen-bond donors (Lipinski definition) is 1. The van der Waals surface area contributed by atoms with E-state index in [0.29, 0.717) is 24.2 Å². The van der Waals surface area contributed by atoms with Gasteiger partial charge in [0, 0.05) is 25.6 Å². The lowest BCUT2D eigenvalue weighted by atomic mass is 9.99.